The van der Waals surface area contributed by atoms with Crippen molar-refractivity contribution in [2.45, 2.75) is 51.9 Å². The number of aryl methyl sites for hydroxylation is 3. The zero-order valence-electron chi connectivity index (χ0n) is 20.7. The van der Waals surface area contributed by atoms with Gasteiger partial charge in [-0.1, -0.05) is 30.1 Å². The van der Waals surface area contributed by atoms with Gasteiger partial charge in [0.15, 0.2) is 5.82 Å². The molecule has 9 nitrogen and oxygen atoms in total. The molecular weight excluding hydrogens is 460 g/mol. The molecule has 4 rings (SSSR count). The highest BCUT2D eigenvalue weighted by atomic mass is 16.5. The predicted molar refractivity (Wildman–Crippen MR) is 134 cm³/mol. The molecule has 0 spiro atoms. The van der Waals surface area contributed by atoms with Crippen molar-refractivity contribution in [1.82, 2.24) is 20.4 Å². The standard InChI is InChI=1S/C27H34N4O5/c1-19-17-20(8-10-23(19)34-16-15-28-14-12-25(32)33)9-11-24-30-27(36-31-24)22-7-4-13-29-26(22)35-18-21-5-2-3-6-21/h4,7-8,10,13,17,21,28H,2-3,5-6,9,11-12,14-16,18H2,1H3,(H,32,33). The van der Waals surface area contributed by atoms with Crippen LogP contribution in [-0.2, 0) is 17.6 Å². The van der Waals surface area contributed by atoms with Crippen molar-refractivity contribution in [3.05, 3.63) is 53.5 Å². The van der Waals surface area contributed by atoms with Gasteiger partial charge in [-0.2, -0.15) is 4.98 Å². The number of carbonyl (C=O) groups is 1. The third kappa shape index (κ3) is 7.52. The molecule has 0 bridgehead atoms. The van der Waals surface area contributed by atoms with E-state index in [-0.39, 0.29) is 6.42 Å². The number of pyridine rings is 1. The van der Waals surface area contributed by atoms with Crippen LogP contribution >= 0.6 is 0 Å². The SMILES string of the molecule is Cc1cc(CCc2noc(-c3cccnc3OCC3CCCC3)n2)ccc1OCCNCCC(=O)O. The lowest BCUT2D eigenvalue weighted by Crippen LogP contribution is -2.23. The zero-order valence-corrected chi connectivity index (χ0v) is 20.7. The van der Waals surface area contributed by atoms with Crippen molar-refractivity contribution in [2.75, 3.05) is 26.3 Å². The highest BCUT2D eigenvalue weighted by molar-refractivity contribution is 5.66. The Labute approximate surface area is 211 Å². The normalized spacial score (nSPS) is 13.7. The molecule has 1 fully saturated rings. The zero-order chi connectivity index (χ0) is 25.2. The number of nitrogens with one attached hydrogen (secondary N) is 1. The second-order valence-corrected chi connectivity index (χ2v) is 9.18. The van der Waals surface area contributed by atoms with Gasteiger partial charge in [-0.3, -0.25) is 4.79 Å². The first-order chi connectivity index (χ1) is 17.6. The van der Waals surface area contributed by atoms with E-state index < -0.39 is 5.97 Å². The average molecular weight is 495 g/mol. The summed E-state index contributed by atoms with van der Waals surface area (Å²) >= 11 is 0. The van der Waals surface area contributed by atoms with E-state index >= 15 is 0 Å². The third-order valence-electron chi connectivity index (χ3n) is 6.33. The van der Waals surface area contributed by atoms with Crippen LogP contribution in [0.4, 0.5) is 0 Å². The molecule has 36 heavy (non-hydrogen) atoms. The Balaban J connectivity index is 1.27. The van der Waals surface area contributed by atoms with E-state index in [9.17, 15) is 4.79 Å². The van der Waals surface area contributed by atoms with Gasteiger partial charge >= 0.3 is 5.97 Å². The summed E-state index contributed by atoms with van der Waals surface area (Å²) in [7, 11) is 0. The average Bonchev–Trinajstić information content (AvgIpc) is 3.57. The molecular formula is C27H34N4O5. The lowest BCUT2D eigenvalue weighted by molar-refractivity contribution is -0.136. The van der Waals surface area contributed by atoms with Gasteiger partial charge < -0.3 is 24.4 Å². The minimum absolute atomic E-state index is 0.104. The molecule has 1 saturated carbocycles. The van der Waals surface area contributed by atoms with E-state index in [1.165, 1.54) is 25.7 Å². The second-order valence-electron chi connectivity index (χ2n) is 9.18. The molecule has 1 aromatic carbocycles. The fraction of sp³-hybridized carbons (Fsp3) is 0.481. The first-order valence-corrected chi connectivity index (χ1v) is 12.6. The third-order valence-corrected chi connectivity index (χ3v) is 6.33. The van der Waals surface area contributed by atoms with Crippen molar-refractivity contribution in [3.63, 3.8) is 0 Å². The highest BCUT2D eigenvalue weighted by Gasteiger charge is 2.19. The van der Waals surface area contributed by atoms with Gasteiger partial charge in [0.25, 0.3) is 5.89 Å². The maximum absolute atomic E-state index is 10.5. The number of aliphatic carboxylic acids is 1. The topological polar surface area (TPSA) is 120 Å². The van der Waals surface area contributed by atoms with Gasteiger partial charge in [-0.25, -0.2) is 4.98 Å². The molecule has 2 aromatic heterocycles. The molecule has 0 aliphatic heterocycles. The second kappa shape index (κ2) is 13.0. The number of benzene rings is 1. The smallest absolute Gasteiger partial charge is 0.304 e. The summed E-state index contributed by atoms with van der Waals surface area (Å²) < 4.78 is 17.4. The van der Waals surface area contributed by atoms with E-state index in [1.54, 1.807) is 6.20 Å². The fourth-order valence-electron chi connectivity index (χ4n) is 4.35. The van der Waals surface area contributed by atoms with E-state index in [1.807, 2.05) is 31.2 Å². The van der Waals surface area contributed by atoms with Crippen LogP contribution in [-0.4, -0.2) is 52.5 Å². The van der Waals surface area contributed by atoms with Gasteiger partial charge in [-0.15, -0.1) is 0 Å². The van der Waals surface area contributed by atoms with Crippen LogP contribution in [0.5, 0.6) is 11.6 Å². The Morgan fingerprint density at radius 3 is 2.83 bits per heavy atom. The minimum atomic E-state index is -0.808. The van der Waals surface area contributed by atoms with Gasteiger partial charge in [0.05, 0.1) is 13.0 Å². The quantitative estimate of drug-likeness (QED) is 0.317. The first-order valence-electron chi connectivity index (χ1n) is 12.6. The Hall–Kier alpha value is -3.46. The minimum Gasteiger partial charge on any atom is -0.492 e. The molecule has 1 aliphatic rings. The van der Waals surface area contributed by atoms with Crippen molar-refractivity contribution in [1.29, 1.82) is 0 Å². The summed E-state index contributed by atoms with van der Waals surface area (Å²) in [5, 5.41) is 15.9. The molecule has 9 heteroatoms. The number of hydrogen-bond donors (Lipinski definition) is 2. The molecule has 2 N–H and O–H groups in total. The van der Waals surface area contributed by atoms with Gasteiger partial charge in [-0.05, 0) is 61.4 Å². The van der Waals surface area contributed by atoms with E-state index in [0.717, 1.165) is 28.9 Å². The monoisotopic (exact) mass is 494 g/mol. The summed E-state index contributed by atoms with van der Waals surface area (Å²) in [4.78, 5) is 19.5. The van der Waals surface area contributed by atoms with E-state index in [2.05, 4.69) is 26.5 Å². The maximum atomic E-state index is 10.5. The lowest BCUT2D eigenvalue weighted by Gasteiger charge is -2.11. The number of rotatable bonds is 14. The number of ether oxygens (including phenoxy) is 2. The summed E-state index contributed by atoms with van der Waals surface area (Å²) in [5.41, 5.74) is 2.93. The maximum Gasteiger partial charge on any atom is 0.304 e. The highest BCUT2D eigenvalue weighted by Crippen LogP contribution is 2.30. The van der Waals surface area contributed by atoms with Gasteiger partial charge in [0.2, 0.25) is 5.88 Å². The largest absolute Gasteiger partial charge is 0.492 e. The summed E-state index contributed by atoms with van der Waals surface area (Å²) in [6.07, 6.45) is 8.22. The first kappa shape index (κ1) is 25.6. The Kier molecular flexibility index (Phi) is 9.27. The number of aromatic nitrogens is 3. The Bertz CT molecular complexity index is 1130. The summed E-state index contributed by atoms with van der Waals surface area (Å²) in [6.45, 7) is 4.19. The molecule has 0 radical (unpaired) electrons. The van der Waals surface area contributed by atoms with Crippen molar-refractivity contribution < 1.29 is 23.9 Å². The summed E-state index contributed by atoms with van der Waals surface area (Å²) in [5.74, 6) is 2.22. The number of nitrogens with zero attached hydrogens (tertiary/aromatic N) is 3. The van der Waals surface area contributed by atoms with Gasteiger partial charge in [0.1, 0.15) is 17.9 Å². The molecule has 2 heterocycles. The predicted octanol–water partition coefficient (Wildman–Crippen LogP) is 4.24. The summed E-state index contributed by atoms with van der Waals surface area (Å²) in [6, 6.07) is 9.85. The Morgan fingerprint density at radius 1 is 1.17 bits per heavy atom. The lowest BCUT2D eigenvalue weighted by atomic mass is 10.1. The molecule has 1 aliphatic carbocycles. The van der Waals surface area contributed by atoms with Crippen LogP contribution in [0.2, 0.25) is 0 Å². The number of carboxylic acid groups (broad SMARTS) is 1. The molecule has 0 saturated heterocycles. The van der Waals surface area contributed by atoms with Crippen LogP contribution in [0.3, 0.4) is 0 Å². The molecule has 0 unspecified atom stereocenters. The molecule has 0 atom stereocenters. The van der Waals surface area contributed by atoms with Crippen LogP contribution in [0.15, 0.2) is 41.1 Å². The molecule has 0 amide bonds. The Morgan fingerprint density at radius 2 is 2.03 bits per heavy atom. The van der Waals surface area contributed by atoms with Crippen molar-refractivity contribution in [3.8, 4) is 23.1 Å². The molecule has 3 aromatic rings. The number of carboxylic acids is 1. The van der Waals surface area contributed by atoms with Crippen LogP contribution in [0.25, 0.3) is 11.5 Å². The van der Waals surface area contributed by atoms with Gasteiger partial charge in [0, 0.05) is 25.7 Å². The number of hydrogen-bond acceptors (Lipinski definition) is 8. The van der Waals surface area contributed by atoms with Crippen molar-refractivity contribution >= 4 is 5.97 Å². The fourth-order valence-corrected chi connectivity index (χ4v) is 4.35. The van der Waals surface area contributed by atoms with Crippen LogP contribution in [0.1, 0.15) is 49.1 Å². The van der Waals surface area contributed by atoms with E-state index in [4.69, 9.17) is 19.1 Å². The van der Waals surface area contributed by atoms with E-state index in [0.29, 0.717) is 56.2 Å². The van der Waals surface area contributed by atoms with Crippen LogP contribution in [0, 0.1) is 12.8 Å². The van der Waals surface area contributed by atoms with Crippen LogP contribution < -0.4 is 14.8 Å². The molecule has 192 valence electrons. The van der Waals surface area contributed by atoms with Crippen molar-refractivity contribution in [2.24, 2.45) is 5.92 Å².